The summed E-state index contributed by atoms with van der Waals surface area (Å²) in [5.41, 5.74) is 7.04. The lowest BCUT2D eigenvalue weighted by molar-refractivity contribution is 0.0942. The molecule has 126 valence electrons. The molecule has 0 amide bonds. The molecule has 3 aromatic heterocycles. The number of carbonyl (C=O) groups is 1. The number of carbonyl (C=O) groups excluding carboxylic acids is 1. The number of hydrogen-bond acceptors (Lipinski definition) is 6. The van der Waals surface area contributed by atoms with E-state index in [1.807, 2.05) is 12.1 Å². The third-order valence-electron chi connectivity index (χ3n) is 4.61. The third kappa shape index (κ3) is 1.70. The van der Waals surface area contributed by atoms with E-state index in [4.69, 9.17) is 10.2 Å². The fourth-order valence-corrected chi connectivity index (χ4v) is 4.60. The van der Waals surface area contributed by atoms with Crippen LogP contribution in [-0.2, 0) is 0 Å². The zero-order chi connectivity index (χ0) is 18.0. The zero-order valence-corrected chi connectivity index (χ0v) is 14.0. The van der Waals surface area contributed by atoms with Gasteiger partial charge in [0.05, 0.1) is 33.9 Å². The van der Waals surface area contributed by atoms with E-state index in [0.29, 0.717) is 20.5 Å². The standard InChI is InChI=1S/C18H10N4O3S/c19-8-10-13-11-4-1-5-21(11)15(20)14(13)17(24)22-16(23)12(26-18(10)22)7-9-3-2-6-25-9/h1-7,13H,20H2. The molecule has 2 N–H and O–H groups in total. The van der Waals surface area contributed by atoms with Gasteiger partial charge < -0.3 is 14.7 Å². The lowest BCUT2D eigenvalue weighted by atomic mass is 9.88. The summed E-state index contributed by atoms with van der Waals surface area (Å²) < 4.78 is 8.65. The fraction of sp³-hybridized carbons (Fsp3) is 0.0556. The largest absolute Gasteiger partial charge is 0.465 e. The van der Waals surface area contributed by atoms with Gasteiger partial charge in [0, 0.05) is 18.0 Å². The topological polar surface area (TPSA) is 107 Å². The SMILES string of the molecule is N#CC1=c2sc(=Cc3ccco3)c(=O)n2C(=O)C2=C(N)n3cccc3C21. The molecule has 3 aromatic rings. The number of nitrogens with two attached hydrogens (primary N) is 1. The molecule has 0 saturated heterocycles. The molecule has 8 heteroatoms. The van der Waals surface area contributed by atoms with Crippen molar-refractivity contribution in [3.8, 4) is 6.07 Å². The number of aromatic nitrogens is 2. The van der Waals surface area contributed by atoms with Crippen molar-refractivity contribution >= 4 is 34.7 Å². The molecule has 0 radical (unpaired) electrons. The lowest BCUT2D eigenvalue weighted by Crippen LogP contribution is -2.42. The van der Waals surface area contributed by atoms with Gasteiger partial charge in [-0.3, -0.25) is 9.59 Å². The minimum atomic E-state index is -0.544. The van der Waals surface area contributed by atoms with Gasteiger partial charge in [-0.25, -0.2) is 4.57 Å². The second-order valence-corrected chi connectivity index (χ2v) is 6.97. The molecule has 0 aromatic carbocycles. The molecule has 0 bridgehead atoms. The second kappa shape index (κ2) is 4.97. The highest BCUT2D eigenvalue weighted by atomic mass is 32.1. The minimum absolute atomic E-state index is 0.257. The number of allylic oxidation sites excluding steroid dienone is 1. The van der Waals surface area contributed by atoms with Gasteiger partial charge in [0.25, 0.3) is 11.5 Å². The molecule has 2 aliphatic rings. The highest BCUT2D eigenvalue weighted by Gasteiger charge is 2.42. The summed E-state index contributed by atoms with van der Waals surface area (Å²) in [5, 5.41) is 9.77. The number of nitriles is 1. The van der Waals surface area contributed by atoms with Crippen molar-refractivity contribution in [2.75, 3.05) is 0 Å². The first-order valence-corrected chi connectivity index (χ1v) is 8.57. The molecule has 7 nitrogen and oxygen atoms in total. The highest BCUT2D eigenvalue weighted by molar-refractivity contribution is 7.07. The maximum Gasteiger partial charge on any atom is 0.276 e. The molecule has 2 aliphatic heterocycles. The van der Waals surface area contributed by atoms with Crippen molar-refractivity contribution in [3.63, 3.8) is 0 Å². The number of fused-ring (bicyclic) bond motifs is 4. The summed E-state index contributed by atoms with van der Waals surface area (Å²) >= 11 is 1.11. The highest BCUT2D eigenvalue weighted by Crippen LogP contribution is 2.42. The van der Waals surface area contributed by atoms with Crippen LogP contribution >= 0.6 is 11.3 Å². The summed E-state index contributed by atoms with van der Waals surface area (Å²) in [5.74, 6) is -0.268. The summed E-state index contributed by atoms with van der Waals surface area (Å²) in [6, 6.07) is 9.23. The molecule has 1 atom stereocenters. The minimum Gasteiger partial charge on any atom is -0.465 e. The fourth-order valence-electron chi connectivity index (χ4n) is 3.51. The zero-order valence-electron chi connectivity index (χ0n) is 13.2. The van der Waals surface area contributed by atoms with Crippen molar-refractivity contribution in [2.24, 2.45) is 5.73 Å². The van der Waals surface area contributed by atoms with Crippen LogP contribution in [0.15, 0.2) is 51.5 Å². The predicted octanol–water partition coefficient (Wildman–Crippen LogP) is 0.386. The number of rotatable bonds is 1. The number of hydrogen-bond donors (Lipinski definition) is 1. The normalized spacial score (nSPS) is 18.7. The second-order valence-electron chi connectivity index (χ2n) is 5.94. The number of thiazole rings is 1. The first kappa shape index (κ1) is 14.7. The Morgan fingerprint density at radius 2 is 2.15 bits per heavy atom. The van der Waals surface area contributed by atoms with Gasteiger partial charge in [0.1, 0.15) is 16.2 Å². The Bertz CT molecular complexity index is 1340. The van der Waals surface area contributed by atoms with Crippen molar-refractivity contribution in [3.05, 3.63) is 73.3 Å². The molecule has 0 fully saturated rings. The Labute approximate surface area is 149 Å². The van der Waals surface area contributed by atoms with Gasteiger partial charge in [-0.15, -0.1) is 11.3 Å². The van der Waals surface area contributed by atoms with Crippen LogP contribution in [0.5, 0.6) is 0 Å². The predicted molar refractivity (Wildman–Crippen MR) is 94.3 cm³/mol. The third-order valence-corrected chi connectivity index (χ3v) is 5.72. The van der Waals surface area contributed by atoms with Crippen LogP contribution < -0.4 is 20.5 Å². The Balaban J connectivity index is 1.89. The Kier molecular flexibility index (Phi) is 2.82. The van der Waals surface area contributed by atoms with Crippen molar-refractivity contribution < 1.29 is 9.21 Å². The maximum atomic E-state index is 13.0. The van der Waals surface area contributed by atoms with Gasteiger partial charge in [0.15, 0.2) is 0 Å². The molecule has 1 unspecified atom stereocenters. The molecule has 26 heavy (non-hydrogen) atoms. The quantitative estimate of drug-likeness (QED) is 0.674. The van der Waals surface area contributed by atoms with E-state index < -0.39 is 17.4 Å². The van der Waals surface area contributed by atoms with Crippen LogP contribution in [0.3, 0.4) is 0 Å². The smallest absolute Gasteiger partial charge is 0.276 e. The Morgan fingerprint density at radius 3 is 2.88 bits per heavy atom. The molecular weight excluding hydrogens is 352 g/mol. The van der Waals surface area contributed by atoms with Crippen molar-refractivity contribution in [2.45, 2.75) is 5.92 Å². The monoisotopic (exact) mass is 362 g/mol. The first-order chi connectivity index (χ1) is 12.6. The Morgan fingerprint density at radius 1 is 1.31 bits per heavy atom. The van der Waals surface area contributed by atoms with Crippen LogP contribution in [0.2, 0.25) is 0 Å². The molecular formula is C18H10N4O3S. The average Bonchev–Trinajstić information content (AvgIpc) is 3.38. The van der Waals surface area contributed by atoms with Gasteiger partial charge in [-0.05, 0) is 24.3 Å². The van der Waals surface area contributed by atoms with Crippen LogP contribution in [0.4, 0.5) is 0 Å². The molecule has 5 heterocycles. The van der Waals surface area contributed by atoms with Gasteiger partial charge in [-0.2, -0.15) is 5.26 Å². The van der Waals surface area contributed by atoms with Crippen molar-refractivity contribution in [1.29, 1.82) is 5.26 Å². The molecule has 0 aliphatic carbocycles. The maximum absolute atomic E-state index is 13.0. The molecule has 0 spiro atoms. The number of furan rings is 1. The van der Waals surface area contributed by atoms with E-state index in [0.717, 1.165) is 21.6 Å². The van der Waals surface area contributed by atoms with E-state index in [9.17, 15) is 14.9 Å². The van der Waals surface area contributed by atoms with Crippen LogP contribution in [0.1, 0.15) is 22.2 Å². The van der Waals surface area contributed by atoms with Crippen LogP contribution in [-0.4, -0.2) is 15.0 Å². The Hall–Kier alpha value is -3.57. The van der Waals surface area contributed by atoms with Crippen molar-refractivity contribution in [1.82, 2.24) is 9.13 Å². The summed E-state index contributed by atoms with van der Waals surface area (Å²) in [6.07, 6.45) is 4.81. The molecule has 5 rings (SSSR count). The van der Waals surface area contributed by atoms with Gasteiger partial charge in [0.2, 0.25) is 0 Å². The molecule has 0 saturated carbocycles. The number of nitrogens with zero attached hydrogens (tertiary/aromatic N) is 3. The van der Waals surface area contributed by atoms with E-state index in [2.05, 4.69) is 6.07 Å². The first-order valence-electron chi connectivity index (χ1n) is 7.75. The summed E-state index contributed by atoms with van der Waals surface area (Å²) in [7, 11) is 0. The summed E-state index contributed by atoms with van der Waals surface area (Å²) in [4.78, 5) is 25.8. The van der Waals surface area contributed by atoms with E-state index in [1.54, 1.807) is 29.0 Å². The van der Waals surface area contributed by atoms with Gasteiger partial charge >= 0.3 is 0 Å². The summed E-state index contributed by atoms with van der Waals surface area (Å²) in [6.45, 7) is 0. The average molecular weight is 362 g/mol. The van der Waals surface area contributed by atoms with Crippen LogP contribution in [0.25, 0.3) is 17.5 Å². The van der Waals surface area contributed by atoms with E-state index >= 15 is 0 Å². The lowest BCUT2D eigenvalue weighted by Gasteiger charge is -2.18. The van der Waals surface area contributed by atoms with Gasteiger partial charge in [-0.1, -0.05) is 0 Å². The van der Waals surface area contributed by atoms with Crippen LogP contribution in [0, 0.1) is 11.3 Å². The van der Waals surface area contributed by atoms with E-state index in [1.165, 1.54) is 6.26 Å². The van der Waals surface area contributed by atoms with E-state index in [-0.39, 0.29) is 11.4 Å².